The van der Waals surface area contributed by atoms with Crippen LogP contribution in [0.4, 0.5) is 0 Å². The normalized spacial score (nSPS) is 16.4. The molecular weight excluding hydrogens is 393 g/mol. The fourth-order valence-electron chi connectivity index (χ4n) is 2.11. The van der Waals surface area contributed by atoms with Crippen molar-refractivity contribution in [1.82, 2.24) is 0 Å². The minimum absolute atomic E-state index is 0.134. The van der Waals surface area contributed by atoms with Crippen molar-refractivity contribution in [3.63, 3.8) is 0 Å². The second-order valence-electron chi connectivity index (χ2n) is 5.55. The van der Waals surface area contributed by atoms with Crippen LogP contribution >= 0.6 is 34.4 Å². The van der Waals surface area contributed by atoms with E-state index in [9.17, 15) is 0 Å². The van der Waals surface area contributed by atoms with Crippen molar-refractivity contribution < 1.29 is 4.74 Å². The highest BCUT2D eigenvalue weighted by molar-refractivity contribution is 14.1. The van der Waals surface area contributed by atoms with Crippen molar-refractivity contribution >= 4 is 40.3 Å². The van der Waals surface area contributed by atoms with Gasteiger partial charge >= 0.3 is 0 Å². The predicted octanol–water partition coefficient (Wildman–Crippen LogP) is 5.00. The van der Waals surface area contributed by atoms with Gasteiger partial charge in [0.2, 0.25) is 5.90 Å². The van der Waals surface area contributed by atoms with Gasteiger partial charge in [-0.25, -0.2) is 4.99 Å². The quantitative estimate of drug-likeness (QED) is 0.666. The standard InChI is InChI=1S/C17H16INOS/c1-17(2)11-20-16(19-17)13-9-6-10-14(18)15(13)21-12-7-4-3-5-8-12/h3-10H,11H2,1-2H3. The van der Waals surface area contributed by atoms with Crippen LogP contribution in [0.15, 0.2) is 63.3 Å². The van der Waals surface area contributed by atoms with Gasteiger partial charge < -0.3 is 4.74 Å². The van der Waals surface area contributed by atoms with Crippen LogP contribution in [-0.2, 0) is 4.74 Å². The highest BCUT2D eigenvalue weighted by Gasteiger charge is 2.28. The molecule has 0 saturated carbocycles. The summed E-state index contributed by atoms with van der Waals surface area (Å²) >= 11 is 4.14. The van der Waals surface area contributed by atoms with Crippen LogP contribution in [0.1, 0.15) is 19.4 Å². The van der Waals surface area contributed by atoms with E-state index in [-0.39, 0.29) is 5.54 Å². The zero-order valence-electron chi connectivity index (χ0n) is 12.0. The molecule has 4 heteroatoms. The van der Waals surface area contributed by atoms with Gasteiger partial charge in [0.15, 0.2) is 0 Å². The summed E-state index contributed by atoms with van der Waals surface area (Å²) in [7, 11) is 0. The van der Waals surface area contributed by atoms with Crippen molar-refractivity contribution in [2.45, 2.75) is 29.2 Å². The van der Waals surface area contributed by atoms with Crippen LogP contribution in [0.3, 0.4) is 0 Å². The third-order valence-electron chi connectivity index (χ3n) is 3.13. The molecule has 1 aliphatic rings. The van der Waals surface area contributed by atoms with E-state index < -0.39 is 0 Å². The average molecular weight is 409 g/mol. The lowest BCUT2D eigenvalue weighted by Gasteiger charge is -2.11. The Morgan fingerprint density at radius 1 is 1.10 bits per heavy atom. The topological polar surface area (TPSA) is 21.6 Å². The summed E-state index contributed by atoms with van der Waals surface area (Å²) in [5.74, 6) is 0.761. The molecule has 0 amide bonds. The van der Waals surface area contributed by atoms with Gasteiger partial charge in [0.1, 0.15) is 6.61 Å². The molecule has 0 radical (unpaired) electrons. The van der Waals surface area contributed by atoms with Gasteiger partial charge in [0, 0.05) is 13.4 Å². The predicted molar refractivity (Wildman–Crippen MR) is 96.3 cm³/mol. The number of rotatable bonds is 3. The summed E-state index contributed by atoms with van der Waals surface area (Å²) in [5.41, 5.74) is 0.951. The number of ether oxygens (including phenoxy) is 1. The molecule has 0 unspecified atom stereocenters. The number of halogens is 1. The summed E-state index contributed by atoms with van der Waals surface area (Å²) < 4.78 is 7.04. The molecule has 0 aromatic heterocycles. The molecule has 0 aliphatic carbocycles. The summed E-state index contributed by atoms with van der Waals surface area (Å²) in [5, 5.41) is 0. The Bertz CT molecular complexity index is 682. The molecule has 108 valence electrons. The Labute approximate surface area is 143 Å². The van der Waals surface area contributed by atoms with Gasteiger partial charge in [-0.05, 0) is 60.7 Å². The van der Waals surface area contributed by atoms with Crippen molar-refractivity contribution in [3.8, 4) is 0 Å². The molecule has 1 aliphatic heterocycles. The molecule has 3 rings (SSSR count). The van der Waals surface area contributed by atoms with Gasteiger partial charge in [-0.15, -0.1) is 0 Å². The zero-order chi connectivity index (χ0) is 14.9. The first-order valence-corrected chi connectivity index (χ1v) is 8.69. The molecule has 0 atom stereocenters. The molecule has 2 aromatic rings. The largest absolute Gasteiger partial charge is 0.475 e. The van der Waals surface area contributed by atoms with E-state index in [1.54, 1.807) is 11.8 Å². The van der Waals surface area contributed by atoms with Gasteiger partial charge in [-0.2, -0.15) is 0 Å². The fourth-order valence-corrected chi connectivity index (χ4v) is 3.90. The first kappa shape index (κ1) is 14.9. The molecule has 0 bridgehead atoms. The first-order valence-electron chi connectivity index (χ1n) is 6.80. The van der Waals surface area contributed by atoms with Crippen LogP contribution in [0, 0.1) is 3.57 Å². The maximum Gasteiger partial charge on any atom is 0.218 e. The molecule has 0 saturated heterocycles. The maximum absolute atomic E-state index is 5.82. The highest BCUT2D eigenvalue weighted by atomic mass is 127. The summed E-state index contributed by atoms with van der Waals surface area (Å²) in [4.78, 5) is 7.14. The van der Waals surface area contributed by atoms with E-state index in [1.807, 2.05) is 6.07 Å². The highest BCUT2D eigenvalue weighted by Crippen LogP contribution is 2.36. The molecule has 1 heterocycles. The van der Waals surface area contributed by atoms with E-state index in [4.69, 9.17) is 9.73 Å². The summed E-state index contributed by atoms with van der Waals surface area (Å²) in [6, 6.07) is 16.7. The molecule has 0 N–H and O–H groups in total. The lowest BCUT2D eigenvalue weighted by atomic mass is 10.1. The minimum Gasteiger partial charge on any atom is -0.475 e. The number of nitrogens with zero attached hydrogens (tertiary/aromatic N) is 1. The van der Waals surface area contributed by atoms with Crippen LogP contribution in [0.2, 0.25) is 0 Å². The van der Waals surface area contributed by atoms with Crippen LogP contribution in [0.25, 0.3) is 0 Å². The summed E-state index contributed by atoms with van der Waals surface area (Å²) in [6.07, 6.45) is 0. The van der Waals surface area contributed by atoms with Crippen LogP contribution in [-0.4, -0.2) is 18.0 Å². The number of hydrogen-bond acceptors (Lipinski definition) is 3. The van der Waals surface area contributed by atoms with E-state index in [0.29, 0.717) is 6.61 Å². The lowest BCUT2D eigenvalue weighted by Crippen LogP contribution is -2.17. The Morgan fingerprint density at radius 2 is 1.86 bits per heavy atom. The van der Waals surface area contributed by atoms with Crippen LogP contribution in [0.5, 0.6) is 0 Å². The van der Waals surface area contributed by atoms with Crippen molar-refractivity contribution in [2.24, 2.45) is 4.99 Å². The monoisotopic (exact) mass is 409 g/mol. The van der Waals surface area contributed by atoms with Crippen molar-refractivity contribution in [1.29, 1.82) is 0 Å². The van der Waals surface area contributed by atoms with Crippen molar-refractivity contribution in [2.75, 3.05) is 6.61 Å². The lowest BCUT2D eigenvalue weighted by molar-refractivity contribution is 0.279. The Kier molecular flexibility index (Phi) is 4.26. The second kappa shape index (κ2) is 6.01. The first-order chi connectivity index (χ1) is 10.1. The van der Waals surface area contributed by atoms with Gasteiger partial charge in [-0.1, -0.05) is 36.0 Å². The average Bonchev–Trinajstić information content (AvgIpc) is 2.82. The van der Waals surface area contributed by atoms with E-state index in [0.717, 1.165) is 11.5 Å². The SMILES string of the molecule is CC1(C)COC(c2cccc(I)c2Sc2ccccc2)=N1. The zero-order valence-corrected chi connectivity index (χ0v) is 14.9. The Hall–Kier alpha value is -1.01. The van der Waals surface area contributed by atoms with E-state index in [2.05, 4.69) is 78.9 Å². The number of hydrogen-bond donors (Lipinski definition) is 0. The van der Waals surface area contributed by atoms with Gasteiger partial charge in [0.05, 0.1) is 11.1 Å². The molecule has 21 heavy (non-hydrogen) atoms. The summed E-state index contributed by atoms with van der Waals surface area (Å²) in [6.45, 7) is 4.83. The van der Waals surface area contributed by atoms with E-state index >= 15 is 0 Å². The van der Waals surface area contributed by atoms with Gasteiger partial charge in [-0.3, -0.25) is 0 Å². The smallest absolute Gasteiger partial charge is 0.218 e. The third-order valence-corrected chi connectivity index (χ3v) is 5.54. The van der Waals surface area contributed by atoms with E-state index in [1.165, 1.54) is 13.4 Å². The number of aliphatic imine (C=N–C) groups is 1. The van der Waals surface area contributed by atoms with Crippen molar-refractivity contribution in [3.05, 3.63) is 57.7 Å². The number of benzene rings is 2. The third kappa shape index (κ3) is 3.43. The molecule has 2 nitrogen and oxygen atoms in total. The molecule has 0 fully saturated rings. The molecule has 0 spiro atoms. The van der Waals surface area contributed by atoms with Crippen LogP contribution < -0.4 is 0 Å². The second-order valence-corrected chi connectivity index (χ2v) is 7.80. The fraction of sp³-hybridized carbons (Fsp3) is 0.235. The Balaban J connectivity index is 2.01. The maximum atomic E-state index is 5.82. The molecule has 2 aromatic carbocycles. The Morgan fingerprint density at radius 3 is 2.52 bits per heavy atom. The molecular formula is C17H16INOS. The minimum atomic E-state index is -0.134. The van der Waals surface area contributed by atoms with Gasteiger partial charge in [0.25, 0.3) is 0 Å².